The molecule has 0 aliphatic heterocycles. The zero-order chi connectivity index (χ0) is 13.5. The van der Waals surface area contributed by atoms with Crippen molar-refractivity contribution < 1.29 is 19.4 Å². The number of halogens is 1. The Hall–Kier alpha value is -1.59. The number of hydrogen-bond donors (Lipinski definition) is 2. The summed E-state index contributed by atoms with van der Waals surface area (Å²) in [4.78, 5) is 21.8. The van der Waals surface area contributed by atoms with E-state index < -0.39 is 5.97 Å². The van der Waals surface area contributed by atoms with Gasteiger partial charge in [-0.3, -0.25) is 4.79 Å². The van der Waals surface area contributed by atoms with Crippen molar-refractivity contribution in [2.75, 3.05) is 19.8 Å². The van der Waals surface area contributed by atoms with Gasteiger partial charge in [0.05, 0.1) is 6.61 Å². The molecule has 6 heteroatoms. The van der Waals surface area contributed by atoms with Gasteiger partial charge in [0.1, 0.15) is 6.61 Å². The summed E-state index contributed by atoms with van der Waals surface area (Å²) in [5.74, 6) is -1.30. The fraction of sp³-hybridized carbons (Fsp3) is 0.333. The number of carboxylic acids is 1. The number of aliphatic carboxylic acids is 1. The normalized spacial score (nSPS) is 10.1. The molecule has 0 spiro atoms. The minimum absolute atomic E-state index is 0.150. The van der Waals surface area contributed by atoms with Gasteiger partial charge in [0.25, 0.3) is 5.91 Å². The van der Waals surface area contributed by atoms with Crippen LogP contribution in [-0.2, 0) is 9.53 Å². The van der Waals surface area contributed by atoms with Gasteiger partial charge >= 0.3 is 5.97 Å². The van der Waals surface area contributed by atoms with Crippen molar-refractivity contribution in [1.82, 2.24) is 5.32 Å². The van der Waals surface area contributed by atoms with Crippen LogP contribution in [-0.4, -0.2) is 36.7 Å². The van der Waals surface area contributed by atoms with Crippen molar-refractivity contribution in [3.63, 3.8) is 0 Å². The van der Waals surface area contributed by atoms with Crippen LogP contribution in [0.2, 0.25) is 5.02 Å². The lowest BCUT2D eigenvalue weighted by Gasteiger charge is -2.06. The molecule has 0 aliphatic rings. The first-order chi connectivity index (χ1) is 8.50. The van der Waals surface area contributed by atoms with Gasteiger partial charge in [-0.1, -0.05) is 17.7 Å². The maximum Gasteiger partial charge on any atom is 0.329 e. The number of carbonyl (C=O) groups excluding carboxylic acids is 1. The molecule has 2 N–H and O–H groups in total. The molecular weight excluding hydrogens is 258 g/mol. The molecule has 0 radical (unpaired) electrons. The first-order valence-electron chi connectivity index (χ1n) is 5.34. The van der Waals surface area contributed by atoms with E-state index in [-0.39, 0.29) is 25.7 Å². The summed E-state index contributed by atoms with van der Waals surface area (Å²) in [5.41, 5.74) is 1.36. The van der Waals surface area contributed by atoms with Crippen LogP contribution in [0, 0.1) is 6.92 Å². The zero-order valence-electron chi connectivity index (χ0n) is 9.90. The Morgan fingerprint density at radius 3 is 2.78 bits per heavy atom. The van der Waals surface area contributed by atoms with E-state index in [2.05, 4.69) is 5.32 Å². The third-order valence-electron chi connectivity index (χ3n) is 2.19. The molecule has 0 saturated carbocycles. The number of rotatable bonds is 6. The molecule has 18 heavy (non-hydrogen) atoms. The van der Waals surface area contributed by atoms with Crippen molar-refractivity contribution in [1.29, 1.82) is 0 Å². The molecule has 0 aliphatic carbocycles. The molecule has 0 bridgehead atoms. The van der Waals surface area contributed by atoms with Crippen LogP contribution < -0.4 is 5.32 Å². The molecular formula is C12H14ClNO4. The minimum atomic E-state index is -1.04. The van der Waals surface area contributed by atoms with E-state index in [0.29, 0.717) is 10.6 Å². The third kappa shape index (κ3) is 4.73. The number of amides is 1. The van der Waals surface area contributed by atoms with Crippen LogP contribution in [0.4, 0.5) is 0 Å². The monoisotopic (exact) mass is 271 g/mol. The minimum Gasteiger partial charge on any atom is -0.480 e. The van der Waals surface area contributed by atoms with Crippen molar-refractivity contribution in [3.8, 4) is 0 Å². The maximum absolute atomic E-state index is 11.7. The number of carbonyl (C=O) groups is 2. The molecule has 0 aromatic heterocycles. The van der Waals surface area contributed by atoms with Gasteiger partial charge in [0.15, 0.2) is 0 Å². The van der Waals surface area contributed by atoms with Crippen LogP contribution in [0.15, 0.2) is 18.2 Å². The maximum atomic E-state index is 11.7. The number of nitrogens with one attached hydrogen (secondary N) is 1. The molecule has 0 fully saturated rings. The number of benzene rings is 1. The predicted octanol–water partition coefficient (Wildman–Crippen LogP) is 1.48. The first-order valence-corrected chi connectivity index (χ1v) is 5.72. The lowest BCUT2D eigenvalue weighted by molar-refractivity contribution is -0.142. The zero-order valence-corrected chi connectivity index (χ0v) is 10.7. The average molecular weight is 272 g/mol. The van der Waals surface area contributed by atoms with E-state index in [0.717, 1.165) is 5.56 Å². The van der Waals surface area contributed by atoms with Crippen molar-refractivity contribution in [2.45, 2.75) is 6.92 Å². The number of ether oxygens (including phenoxy) is 1. The van der Waals surface area contributed by atoms with Gasteiger partial charge in [-0.05, 0) is 24.6 Å². The van der Waals surface area contributed by atoms with E-state index in [1.165, 1.54) is 0 Å². The highest BCUT2D eigenvalue weighted by molar-refractivity contribution is 6.31. The highest BCUT2D eigenvalue weighted by atomic mass is 35.5. The number of aryl methyl sites for hydroxylation is 1. The van der Waals surface area contributed by atoms with Crippen molar-refractivity contribution >= 4 is 23.5 Å². The molecule has 0 heterocycles. The molecule has 98 valence electrons. The van der Waals surface area contributed by atoms with E-state index in [1.54, 1.807) is 18.2 Å². The van der Waals surface area contributed by atoms with Crippen LogP contribution in [0.1, 0.15) is 15.9 Å². The van der Waals surface area contributed by atoms with Crippen LogP contribution in [0.25, 0.3) is 0 Å². The molecule has 5 nitrogen and oxygen atoms in total. The van der Waals surface area contributed by atoms with Gasteiger partial charge < -0.3 is 15.2 Å². The van der Waals surface area contributed by atoms with Gasteiger partial charge in [-0.15, -0.1) is 0 Å². The van der Waals surface area contributed by atoms with Crippen LogP contribution in [0.3, 0.4) is 0 Å². The molecule has 0 atom stereocenters. The molecule has 0 unspecified atom stereocenters. The Morgan fingerprint density at radius 2 is 2.17 bits per heavy atom. The first kappa shape index (κ1) is 14.5. The van der Waals surface area contributed by atoms with Crippen LogP contribution >= 0.6 is 11.6 Å². The fourth-order valence-electron chi connectivity index (χ4n) is 1.23. The lowest BCUT2D eigenvalue weighted by Crippen LogP contribution is -2.27. The lowest BCUT2D eigenvalue weighted by atomic mass is 10.1. The Balaban J connectivity index is 2.36. The standard InChI is InChI=1S/C12H14ClNO4/c1-8-2-3-9(6-10(8)13)12(17)14-4-5-18-7-11(15)16/h2-3,6H,4-5,7H2,1H3,(H,14,17)(H,15,16). The second-order valence-electron chi connectivity index (χ2n) is 3.67. The van der Waals surface area contributed by atoms with Gasteiger partial charge in [0, 0.05) is 17.1 Å². The summed E-state index contributed by atoms with van der Waals surface area (Å²) in [5, 5.41) is 11.5. The van der Waals surface area contributed by atoms with E-state index in [9.17, 15) is 9.59 Å². The Kier molecular flexibility index (Phi) is 5.61. The SMILES string of the molecule is Cc1ccc(C(=O)NCCOCC(=O)O)cc1Cl. The molecule has 1 aromatic rings. The second kappa shape index (κ2) is 6.98. The van der Waals surface area contributed by atoms with Crippen molar-refractivity contribution in [3.05, 3.63) is 34.3 Å². The largest absolute Gasteiger partial charge is 0.480 e. The highest BCUT2D eigenvalue weighted by Crippen LogP contribution is 2.16. The van der Waals surface area contributed by atoms with E-state index >= 15 is 0 Å². The number of hydrogen-bond acceptors (Lipinski definition) is 3. The third-order valence-corrected chi connectivity index (χ3v) is 2.60. The van der Waals surface area contributed by atoms with Gasteiger partial charge in [0.2, 0.25) is 0 Å². The Labute approximate surface area is 110 Å². The summed E-state index contributed by atoms with van der Waals surface area (Å²) < 4.78 is 4.78. The van der Waals surface area contributed by atoms with Gasteiger partial charge in [-0.25, -0.2) is 4.79 Å². The topological polar surface area (TPSA) is 75.6 Å². The van der Waals surface area contributed by atoms with Gasteiger partial charge in [-0.2, -0.15) is 0 Å². The summed E-state index contributed by atoms with van der Waals surface area (Å²) in [6.45, 7) is 1.88. The predicted molar refractivity (Wildman–Crippen MR) is 67.0 cm³/mol. The van der Waals surface area contributed by atoms with Crippen molar-refractivity contribution in [2.24, 2.45) is 0 Å². The summed E-state index contributed by atoms with van der Waals surface area (Å²) >= 11 is 5.91. The average Bonchev–Trinajstić information content (AvgIpc) is 2.31. The van der Waals surface area contributed by atoms with Crippen LogP contribution in [0.5, 0.6) is 0 Å². The molecule has 0 saturated heterocycles. The van der Waals surface area contributed by atoms with E-state index in [4.69, 9.17) is 21.4 Å². The molecule has 1 aromatic carbocycles. The molecule has 1 rings (SSSR count). The second-order valence-corrected chi connectivity index (χ2v) is 4.07. The summed E-state index contributed by atoms with van der Waals surface area (Å²) in [6.07, 6.45) is 0. The smallest absolute Gasteiger partial charge is 0.329 e. The summed E-state index contributed by atoms with van der Waals surface area (Å²) in [6, 6.07) is 5.02. The molecule has 1 amide bonds. The fourth-order valence-corrected chi connectivity index (χ4v) is 1.41. The summed E-state index contributed by atoms with van der Waals surface area (Å²) in [7, 11) is 0. The Bertz CT molecular complexity index is 448. The quantitative estimate of drug-likeness (QED) is 0.769. The highest BCUT2D eigenvalue weighted by Gasteiger charge is 2.06. The number of carboxylic acid groups (broad SMARTS) is 1. The van der Waals surface area contributed by atoms with E-state index in [1.807, 2.05) is 6.92 Å². The Morgan fingerprint density at radius 1 is 1.44 bits per heavy atom.